The van der Waals surface area contributed by atoms with Gasteiger partial charge in [-0.15, -0.1) is 11.8 Å². The highest BCUT2D eigenvalue weighted by atomic mass is 35.5. The van der Waals surface area contributed by atoms with Crippen molar-refractivity contribution in [1.82, 2.24) is 10.2 Å². The number of nitrogens with zero attached hydrogens (tertiary/aromatic N) is 1. The number of amides is 2. The summed E-state index contributed by atoms with van der Waals surface area (Å²) in [7, 11) is 1.61. The number of methoxy groups -OCH3 is 1. The van der Waals surface area contributed by atoms with E-state index in [-0.39, 0.29) is 23.6 Å². The highest BCUT2D eigenvalue weighted by Crippen LogP contribution is 2.19. The summed E-state index contributed by atoms with van der Waals surface area (Å²) < 4.78 is 5.20. The third kappa shape index (κ3) is 7.58. The van der Waals surface area contributed by atoms with Gasteiger partial charge in [0.05, 0.1) is 12.9 Å². The van der Waals surface area contributed by atoms with E-state index in [0.717, 1.165) is 16.9 Å². The van der Waals surface area contributed by atoms with Gasteiger partial charge < -0.3 is 15.0 Å². The van der Waals surface area contributed by atoms with Crippen LogP contribution in [0.5, 0.6) is 5.75 Å². The normalized spacial score (nSPS) is 11.8. The van der Waals surface area contributed by atoms with Gasteiger partial charge in [-0.25, -0.2) is 0 Å². The Balaban J connectivity index is 2.06. The van der Waals surface area contributed by atoms with Crippen molar-refractivity contribution in [3.8, 4) is 5.75 Å². The second-order valence-corrected chi connectivity index (χ2v) is 8.75. The van der Waals surface area contributed by atoms with Crippen LogP contribution < -0.4 is 10.1 Å². The Morgan fingerprint density at radius 3 is 2.20 bits per heavy atom. The number of benzene rings is 2. The van der Waals surface area contributed by atoms with Gasteiger partial charge in [0.25, 0.3) is 0 Å². The van der Waals surface area contributed by atoms with Crippen LogP contribution in [0.2, 0.25) is 5.02 Å². The standard InChI is InChI=1S/C23H29ClN2O3S/c1-16(2)25-23(28)17(3)26(13-18-7-11-21(29-4)12-8-18)22(27)15-30-14-19-5-9-20(24)10-6-19/h5-12,16-17H,13-15H2,1-4H3,(H,25,28)/t17-/m1/s1. The lowest BCUT2D eigenvalue weighted by atomic mass is 10.1. The zero-order valence-electron chi connectivity index (χ0n) is 17.9. The Hall–Kier alpha value is -2.18. The van der Waals surface area contributed by atoms with Crippen LogP contribution in [0.3, 0.4) is 0 Å². The molecule has 0 aliphatic rings. The average molecular weight is 449 g/mol. The molecule has 30 heavy (non-hydrogen) atoms. The molecule has 2 amide bonds. The molecule has 162 valence electrons. The van der Waals surface area contributed by atoms with E-state index in [0.29, 0.717) is 17.3 Å². The van der Waals surface area contributed by atoms with Crippen LogP contribution >= 0.6 is 23.4 Å². The maximum absolute atomic E-state index is 13.0. The van der Waals surface area contributed by atoms with Gasteiger partial charge in [0.2, 0.25) is 11.8 Å². The lowest BCUT2D eigenvalue weighted by molar-refractivity contribution is -0.138. The Morgan fingerprint density at radius 2 is 1.63 bits per heavy atom. The second kappa shape index (κ2) is 11.9. The predicted molar refractivity (Wildman–Crippen MR) is 124 cm³/mol. The second-order valence-electron chi connectivity index (χ2n) is 7.33. The lowest BCUT2D eigenvalue weighted by Gasteiger charge is -2.29. The van der Waals surface area contributed by atoms with E-state index in [9.17, 15) is 9.59 Å². The quantitative estimate of drug-likeness (QED) is 0.580. The molecule has 0 aliphatic heterocycles. The topological polar surface area (TPSA) is 58.6 Å². The van der Waals surface area contributed by atoms with Crippen LogP contribution in [0, 0.1) is 0 Å². The van der Waals surface area contributed by atoms with Crippen LogP contribution in [0.25, 0.3) is 0 Å². The number of rotatable bonds is 10. The minimum atomic E-state index is -0.571. The maximum atomic E-state index is 13.0. The largest absolute Gasteiger partial charge is 0.497 e. The lowest BCUT2D eigenvalue weighted by Crippen LogP contribution is -2.49. The van der Waals surface area contributed by atoms with Crippen molar-refractivity contribution in [2.45, 2.75) is 45.2 Å². The molecule has 0 saturated carbocycles. The first kappa shape index (κ1) is 24.1. The van der Waals surface area contributed by atoms with Gasteiger partial charge in [-0.3, -0.25) is 9.59 Å². The Morgan fingerprint density at radius 1 is 1.03 bits per heavy atom. The average Bonchev–Trinajstić information content (AvgIpc) is 2.72. The Labute approximate surface area is 188 Å². The number of hydrogen-bond acceptors (Lipinski definition) is 4. The van der Waals surface area contributed by atoms with E-state index in [1.807, 2.05) is 62.4 Å². The van der Waals surface area contributed by atoms with Crippen molar-refractivity contribution < 1.29 is 14.3 Å². The Bertz CT molecular complexity index is 825. The zero-order valence-corrected chi connectivity index (χ0v) is 19.4. The summed E-state index contributed by atoms with van der Waals surface area (Å²) in [6.07, 6.45) is 0. The number of carbonyl (C=O) groups excluding carboxylic acids is 2. The van der Waals surface area contributed by atoms with Gasteiger partial charge in [-0.1, -0.05) is 35.9 Å². The third-order valence-electron chi connectivity index (χ3n) is 4.52. The van der Waals surface area contributed by atoms with Crippen molar-refractivity contribution in [2.24, 2.45) is 0 Å². The number of nitrogens with one attached hydrogen (secondary N) is 1. The van der Waals surface area contributed by atoms with Crippen molar-refractivity contribution in [1.29, 1.82) is 0 Å². The number of halogens is 1. The van der Waals surface area contributed by atoms with Gasteiger partial charge in [0.15, 0.2) is 0 Å². The SMILES string of the molecule is COc1ccc(CN(C(=O)CSCc2ccc(Cl)cc2)[C@H](C)C(=O)NC(C)C)cc1. The molecule has 0 unspecified atom stereocenters. The fraction of sp³-hybridized carbons (Fsp3) is 0.391. The molecule has 5 nitrogen and oxygen atoms in total. The molecule has 1 atom stereocenters. The van der Waals surface area contributed by atoms with Crippen molar-refractivity contribution in [3.05, 3.63) is 64.7 Å². The van der Waals surface area contributed by atoms with Crippen molar-refractivity contribution in [2.75, 3.05) is 12.9 Å². The fourth-order valence-corrected chi connectivity index (χ4v) is 3.83. The smallest absolute Gasteiger partial charge is 0.242 e. The molecule has 0 heterocycles. The summed E-state index contributed by atoms with van der Waals surface area (Å²) in [5.41, 5.74) is 2.04. The van der Waals surface area contributed by atoms with Crippen LogP contribution in [0.4, 0.5) is 0 Å². The number of thioether (sulfide) groups is 1. The van der Waals surface area contributed by atoms with Gasteiger partial charge in [0.1, 0.15) is 11.8 Å². The summed E-state index contributed by atoms with van der Waals surface area (Å²) in [4.78, 5) is 27.2. The number of carbonyl (C=O) groups is 2. The molecule has 7 heteroatoms. The molecule has 0 aliphatic carbocycles. The first-order chi connectivity index (χ1) is 14.3. The van der Waals surface area contributed by atoms with E-state index in [4.69, 9.17) is 16.3 Å². The molecule has 2 aromatic carbocycles. The summed E-state index contributed by atoms with van der Waals surface area (Å²) in [5.74, 6) is 1.51. The van der Waals surface area contributed by atoms with E-state index < -0.39 is 6.04 Å². The van der Waals surface area contributed by atoms with E-state index >= 15 is 0 Å². The Kier molecular flexibility index (Phi) is 9.53. The minimum Gasteiger partial charge on any atom is -0.497 e. The van der Waals surface area contributed by atoms with Gasteiger partial charge >= 0.3 is 0 Å². The molecule has 1 N–H and O–H groups in total. The number of ether oxygens (including phenoxy) is 1. The summed E-state index contributed by atoms with van der Waals surface area (Å²) >= 11 is 7.44. The van der Waals surface area contributed by atoms with E-state index in [2.05, 4.69) is 5.32 Å². The first-order valence-corrected chi connectivity index (χ1v) is 11.4. The fourth-order valence-electron chi connectivity index (χ4n) is 2.84. The molecular weight excluding hydrogens is 420 g/mol. The summed E-state index contributed by atoms with van der Waals surface area (Å²) in [6, 6.07) is 14.6. The molecule has 0 aromatic heterocycles. The van der Waals surface area contributed by atoms with Crippen LogP contribution in [0.15, 0.2) is 48.5 Å². The highest BCUT2D eigenvalue weighted by Gasteiger charge is 2.26. The van der Waals surface area contributed by atoms with Gasteiger partial charge in [-0.05, 0) is 56.2 Å². The molecule has 0 fully saturated rings. The van der Waals surface area contributed by atoms with Crippen molar-refractivity contribution in [3.63, 3.8) is 0 Å². The molecule has 0 saturated heterocycles. The molecule has 0 radical (unpaired) electrons. The highest BCUT2D eigenvalue weighted by molar-refractivity contribution is 7.99. The van der Waals surface area contributed by atoms with Crippen LogP contribution in [-0.2, 0) is 21.9 Å². The van der Waals surface area contributed by atoms with Crippen LogP contribution in [-0.4, -0.2) is 41.7 Å². The minimum absolute atomic E-state index is 0.0113. The van der Waals surface area contributed by atoms with Gasteiger partial charge in [-0.2, -0.15) is 0 Å². The zero-order chi connectivity index (χ0) is 22.1. The molecule has 2 rings (SSSR count). The number of hydrogen-bond donors (Lipinski definition) is 1. The maximum Gasteiger partial charge on any atom is 0.242 e. The third-order valence-corrected chi connectivity index (χ3v) is 5.76. The molecule has 0 spiro atoms. The van der Waals surface area contributed by atoms with E-state index in [1.165, 1.54) is 11.8 Å². The molecular formula is C23H29ClN2O3S. The first-order valence-electron chi connectivity index (χ1n) is 9.85. The van der Waals surface area contributed by atoms with Crippen molar-refractivity contribution >= 4 is 35.2 Å². The molecule has 2 aromatic rings. The summed E-state index contributed by atoms with van der Waals surface area (Å²) in [5, 5.41) is 3.59. The van der Waals surface area contributed by atoms with E-state index in [1.54, 1.807) is 18.9 Å². The van der Waals surface area contributed by atoms with Gasteiger partial charge in [0, 0.05) is 23.4 Å². The molecule has 0 bridgehead atoms. The monoisotopic (exact) mass is 448 g/mol. The predicted octanol–water partition coefficient (Wildman–Crippen LogP) is 4.52. The van der Waals surface area contributed by atoms with Crippen LogP contribution in [0.1, 0.15) is 31.9 Å². The summed E-state index contributed by atoms with van der Waals surface area (Å²) in [6.45, 7) is 5.93.